The van der Waals surface area contributed by atoms with Gasteiger partial charge in [-0.15, -0.1) is 5.10 Å². The number of amides is 1. The van der Waals surface area contributed by atoms with Crippen molar-refractivity contribution in [3.8, 4) is 0 Å². The van der Waals surface area contributed by atoms with Crippen molar-refractivity contribution < 1.29 is 9.53 Å². The third-order valence-corrected chi connectivity index (χ3v) is 3.56. The van der Waals surface area contributed by atoms with E-state index in [0.717, 1.165) is 37.4 Å². The number of hydrogen-bond donors (Lipinski definition) is 1. The second-order valence-electron chi connectivity index (χ2n) is 6.87. The molecule has 1 aliphatic rings. The molecule has 1 fully saturated rings. The van der Waals surface area contributed by atoms with Crippen LogP contribution in [0, 0.1) is 12.8 Å². The first-order valence-electron chi connectivity index (χ1n) is 7.85. The van der Waals surface area contributed by atoms with E-state index in [1.165, 1.54) is 0 Å². The topological polar surface area (TPSA) is 67.4 Å². The van der Waals surface area contributed by atoms with Crippen molar-refractivity contribution in [1.29, 1.82) is 0 Å². The summed E-state index contributed by atoms with van der Waals surface area (Å²) in [5.41, 5.74) is 0.462. The summed E-state index contributed by atoms with van der Waals surface area (Å²) in [6, 6.07) is 3.98. The van der Waals surface area contributed by atoms with Crippen LogP contribution in [-0.4, -0.2) is 41.5 Å². The maximum Gasteiger partial charge on any atom is 0.407 e. The minimum atomic E-state index is -0.458. The number of hydrogen-bond acceptors (Lipinski definition) is 5. The Labute approximate surface area is 132 Å². The van der Waals surface area contributed by atoms with E-state index in [2.05, 4.69) is 20.4 Å². The van der Waals surface area contributed by atoms with Crippen LogP contribution in [0.2, 0.25) is 0 Å². The average Bonchev–Trinajstić information content (AvgIpc) is 2.44. The molecule has 1 atom stereocenters. The monoisotopic (exact) mass is 306 g/mol. The van der Waals surface area contributed by atoms with Crippen molar-refractivity contribution in [2.75, 3.05) is 24.5 Å². The summed E-state index contributed by atoms with van der Waals surface area (Å²) in [7, 11) is 0. The summed E-state index contributed by atoms with van der Waals surface area (Å²) < 4.78 is 5.27. The van der Waals surface area contributed by atoms with Crippen LogP contribution in [-0.2, 0) is 4.74 Å². The summed E-state index contributed by atoms with van der Waals surface area (Å²) in [5.74, 6) is 1.32. The molecule has 0 saturated carbocycles. The number of piperidine rings is 1. The summed E-state index contributed by atoms with van der Waals surface area (Å²) in [6.07, 6.45) is 1.85. The Balaban J connectivity index is 1.83. The molecule has 1 N–H and O–H groups in total. The molecule has 6 nitrogen and oxygen atoms in total. The number of aryl methyl sites for hydroxylation is 1. The van der Waals surface area contributed by atoms with Crippen LogP contribution in [0.25, 0.3) is 0 Å². The van der Waals surface area contributed by atoms with E-state index < -0.39 is 5.60 Å². The molecule has 0 bridgehead atoms. The van der Waals surface area contributed by atoms with Crippen molar-refractivity contribution in [2.24, 2.45) is 5.92 Å². The SMILES string of the molecule is Cc1ccc(N2CCCC(CNC(=O)OC(C)(C)C)C2)nn1. The van der Waals surface area contributed by atoms with Crippen LogP contribution in [0.3, 0.4) is 0 Å². The third kappa shape index (κ3) is 5.16. The highest BCUT2D eigenvalue weighted by molar-refractivity contribution is 5.67. The molecular weight excluding hydrogens is 280 g/mol. The van der Waals surface area contributed by atoms with Gasteiger partial charge in [0.25, 0.3) is 0 Å². The standard InChI is InChI=1S/C16H26N4O2/c1-12-7-8-14(19-18-12)20-9-5-6-13(11-20)10-17-15(21)22-16(2,3)4/h7-8,13H,5-6,9-11H2,1-4H3,(H,17,21). The van der Waals surface area contributed by atoms with Crippen molar-refractivity contribution in [2.45, 2.75) is 46.1 Å². The minimum Gasteiger partial charge on any atom is -0.444 e. The minimum absolute atomic E-state index is 0.347. The molecule has 6 heteroatoms. The highest BCUT2D eigenvalue weighted by atomic mass is 16.6. The van der Waals surface area contributed by atoms with E-state index in [1.807, 2.05) is 39.8 Å². The Morgan fingerprint density at radius 3 is 2.82 bits per heavy atom. The van der Waals surface area contributed by atoms with Crippen LogP contribution in [0.1, 0.15) is 39.3 Å². The molecule has 1 saturated heterocycles. The third-order valence-electron chi connectivity index (χ3n) is 3.56. The maximum absolute atomic E-state index is 11.7. The van der Waals surface area contributed by atoms with Gasteiger partial charge in [0.15, 0.2) is 5.82 Å². The molecule has 0 radical (unpaired) electrons. The van der Waals surface area contributed by atoms with Crippen LogP contribution in [0.5, 0.6) is 0 Å². The number of aromatic nitrogens is 2. The molecule has 2 rings (SSSR count). The molecule has 2 heterocycles. The number of anilines is 1. The smallest absolute Gasteiger partial charge is 0.407 e. The zero-order chi connectivity index (χ0) is 16.2. The Morgan fingerprint density at radius 2 is 2.18 bits per heavy atom. The fourth-order valence-electron chi connectivity index (χ4n) is 2.54. The van der Waals surface area contributed by atoms with E-state index in [0.29, 0.717) is 12.5 Å². The van der Waals surface area contributed by atoms with Crippen LogP contribution in [0.4, 0.5) is 10.6 Å². The zero-order valence-corrected chi connectivity index (χ0v) is 13.9. The second-order valence-corrected chi connectivity index (χ2v) is 6.87. The maximum atomic E-state index is 11.7. The molecule has 0 spiro atoms. The van der Waals surface area contributed by atoms with Crippen molar-refractivity contribution in [3.05, 3.63) is 17.8 Å². The number of carbonyl (C=O) groups is 1. The van der Waals surface area contributed by atoms with E-state index in [1.54, 1.807) is 0 Å². The second kappa shape index (κ2) is 6.94. The van der Waals surface area contributed by atoms with Gasteiger partial charge < -0.3 is 15.0 Å². The van der Waals surface area contributed by atoms with Gasteiger partial charge in [-0.3, -0.25) is 0 Å². The molecule has 122 valence electrons. The van der Waals surface area contributed by atoms with Gasteiger partial charge in [0.2, 0.25) is 0 Å². The first-order chi connectivity index (χ1) is 10.3. The molecule has 0 aromatic carbocycles. The number of rotatable bonds is 3. The Morgan fingerprint density at radius 1 is 1.41 bits per heavy atom. The summed E-state index contributed by atoms with van der Waals surface area (Å²) in [4.78, 5) is 14.0. The quantitative estimate of drug-likeness (QED) is 0.929. The van der Waals surface area contributed by atoms with Gasteiger partial charge in [0, 0.05) is 19.6 Å². The van der Waals surface area contributed by atoms with Gasteiger partial charge >= 0.3 is 6.09 Å². The molecular formula is C16H26N4O2. The van der Waals surface area contributed by atoms with Gasteiger partial charge in [-0.25, -0.2) is 4.79 Å². The molecule has 1 unspecified atom stereocenters. The number of carbonyl (C=O) groups excluding carboxylic acids is 1. The largest absolute Gasteiger partial charge is 0.444 e. The Hall–Kier alpha value is -1.85. The zero-order valence-electron chi connectivity index (χ0n) is 13.9. The van der Waals surface area contributed by atoms with Gasteiger partial charge in [-0.1, -0.05) is 0 Å². The number of ether oxygens (including phenoxy) is 1. The van der Waals surface area contributed by atoms with Crippen molar-refractivity contribution in [3.63, 3.8) is 0 Å². The van der Waals surface area contributed by atoms with Crippen LogP contribution >= 0.6 is 0 Å². The molecule has 1 aliphatic heterocycles. The molecule has 1 aromatic rings. The van der Waals surface area contributed by atoms with Gasteiger partial charge in [0.05, 0.1) is 5.69 Å². The first kappa shape index (κ1) is 16.5. The van der Waals surface area contributed by atoms with Crippen LogP contribution < -0.4 is 10.2 Å². The fraction of sp³-hybridized carbons (Fsp3) is 0.688. The molecule has 1 amide bonds. The Kier molecular flexibility index (Phi) is 5.21. The lowest BCUT2D eigenvalue weighted by Gasteiger charge is -2.33. The average molecular weight is 306 g/mol. The molecule has 1 aromatic heterocycles. The normalized spacial score (nSPS) is 18.9. The predicted octanol–water partition coefficient (Wildman–Crippen LogP) is 2.53. The summed E-state index contributed by atoms with van der Waals surface area (Å²) >= 11 is 0. The van der Waals surface area contributed by atoms with Gasteiger partial charge in [0.1, 0.15) is 5.60 Å². The van der Waals surface area contributed by atoms with Crippen molar-refractivity contribution in [1.82, 2.24) is 15.5 Å². The van der Waals surface area contributed by atoms with E-state index >= 15 is 0 Å². The first-order valence-corrected chi connectivity index (χ1v) is 7.85. The van der Waals surface area contributed by atoms with E-state index in [9.17, 15) is 4.79 Å². The van der Waals surface area contributed by atoms with Gasteiger partial charge in [-0.2, -0.15) is 5.10 Å². The van der Waals surface area contributed by atoms with Gasteiger partial charge in [-0.05, 0) is 58.6 Å². The fourth-order valence-corrected chi connectivity index (χ4v) is 2.54. The lowest BCUT2D eigenvalue weighted by atomic mass is 9.98. The molecule has 22 heavy (non-hydrogen) atoms. The van der Waals surface area contributed by atoms with Crippen molar-refractivity contribution >= 4 is 11.9 Å². The lowest BCUT2D eigenvalue weighted by molar-refractivity contribution is 0.0517. The number of nitrogens with zero attached hydrogens (tertiary/aromatic N) is 3. The number of nitrogens with one attached hydrogen (secondary N) is 1. The summed E-state index contributed by atoms with van der Waals surface area (Å²) in [6.45, 7) is 10.0. The predicted molar refractivity (Wildman–Crippen MR) is 85.9 cm³/mol. The highest BCUT2D eigenvalue weighted by Crippen LogP contribution is 2.20. The number of alkyl carbamates (subject to hydrolysis) is 1. The lowest BCUT2D eigenvalue weighted by Crippen LogP contribution is -2.42. The summed E-state index contributed by atoms with van der Waals surface area (Å²) in [5, 5.41) is 11.2. The van der Waals surface area contributed by atoms with Crippen LogP contribution in [0.15, 0.2) is 12.1 Å². The Bertz CT molecular complexity index is 496. The van der Waals surface area contributed by atoms with E-state index in [-0.39, 0.29) is 6.09 Å². The molecule has 0 aliphatic carbocycles. The highest BCUT2D eigenvalue weighted by Gasteiger charge is 2.23. The van der Waals surface area contributed by atoms with E-state index in [4.69, 9.17) is 4.74 Å².